The van der Waals surface area contributed by atoms with Crippen molar-refractivity contribution in [2.45, 2.75) is 17.9 Å². The van der Waals surface area contributed by atoms with Gasteiger partial charge in [-0.3, -0.25) is 0 Å². The third kappa shape index (κ3) is 2.40. The van der Waals surface area contributed by atoms with Gasteiger partial charge in [-0.15, -0.1) is 0 Å². The lowest BCUT2D eigenvalue weighted by atomic mass is 10.1. The summed E-state index contributed by atoms with van der Waals surface area (Å²) in [4.78, 5) is 8.59. The lowest BCUT2D eigenvalue weighted by Gasteiger charge is -2.27. The van der Waals surface area contributed by atoms with Crippen LogP contribution < -0.4 is 0 Å². The van der Waals surface area contributed by atoms with E-state index in [1.54, 1.807) is 18.3 Å². The zero-order valence-electron chi connectivity index (χ0n) is 12.4. The molecule has 1 aliphatic heterocycles. The topological polar surface area (TPSA) is 63.2 Å². The first-order chi connectivity index (χ1) is 11.2. The summed E-state index contributed by atoms with van der Waals surface area (Å²) in [5.41, 5.74) is 1.81. The van der Waals surface area contributed by atoms with Gasteiger partial charge in [0.2, 0.25) is 10.0 Å². The molecule has 0 saturated heterocycles. The maximum atomic E-state index is 13.1. The lowest BCUT2D eigenvalue weighted by molar-refractivity contribution is 0.387. The predicted molar refractivity (Wildman–Crippen MR) is 87.3 cm³/mol. The summed E-state index contributed by atoms with van der Waals surface area (Å²) in [5.74, 6) is 0. The first kappa shape index (κ1) is 14.3. The average Bonchev–Trinajstić information content (AvgIpc) is 2.60. The molecule has 0 spiro atoms. The molecular formula is C17H15N3O2S. The van der Waals surface area contributed by atoms with Crippen LogP contribution in [0.15, 0.2) is 59.9 Å². The fourth-order valence-corrected chi connectivity index (χ4v) is 4.64. The molecule has 0 N–H and O–H groups in total. The maximum Gasteiger partial charge on any atom is 0.244 e. The van der Waals surface area contributed by atoms with Gasteiger partial charge < -0.3 is 0 Å². The highest BCUT2D eigenvalue weighted by molar-refractivity contribution is 7.89. The Kier molecular flexibility index (Phi) is 3.36. The number of benzene rings is 2. The van der Waals surface area contributed by atoms with Gasteiger partial charge in [-0.25, -0.2) is 18.4 Å². The van der Waals surface area contributed by atoms with Crippen LogP contribution in [0.2, 0.25) is 0 Å². The van der Waals surface area contributed by atoms with Crippen molar-refractivity contribution in [3.63, 3.8) is 0 Å². The minimum atomic E-state index is -3.55. The molecule has 0 bridgehead atoms. The molecule has 0 aliphatic carbocycles. The van der Waals surface area contributed by atoms with Crippen LogP contribution in [0.25, 0.3) is 10.8 Å². The van der Waals surface area contributed by atoms with E-state index >= 15 is 0 Å². The Morgan fingerprint density at radius 1 is 1.04 bits per heavy atom. The van der Waals surface area contributed by atoms with Crippen molar-refractivity contribution in [3.8, 4) is 0 Å². The summed E-state index contributed by atoms with van der Waals surface area (Å²) in [5, 5.41) is 1.68. The molecule has 6 heteroatoms. The summed E-state index contributed by atoms with van der Waals surface area (Å²) in [6.07, 6.45) is 3.82. The molecule has 4 rings (SSSR count). The van der Waals surface area contributed by atoms with E-state index in [4.69, 9.17) is 0 Å². The first-order valence-corrected chi connectivity index (χ1v) is 8.86. The van der Waals surface area contributed by atoms with Crippen LogP contribution in [0.4, 0.5) is 0 Å². The number of hydrogen-bond acceptors (Lipinski definition) is 4. The zero-order chi connectivity index (χ0) is 15.9. The Labute approximate surface area is 134 Å². The third-order valence-electron chi connectivity index (χ3n) is 4.19. The molecule has 0 amide bonds. The van der Waals surface area contributed by atoms with E-state index in [2.05, 4.69) is 9.97 Å². The van der Waals surface area contributed by atoms with Crippen LogP contribution in [-0.4, -0.2) is 29.2 Å². The summed E-state index contributed by atoms with van der Waals surface area (Å²) in [6, 6.07) is 12.9. The number of rotatable bonds is 2. The minimum Gasteiger partial charge on any atom is -0.244 e. The largest absolute Gasteiger partial charge is 0.244 e. The van der Waals surface area contributed by atoms with E-state index in [1.807, 2.05) is 30.3 Å². The second kappa shape index (κ2) is 5.40. The molecule has 0 atom stereocenters. The maximum absolute atomic E-state index is 13.1. The Balaban J connectivity index is 1.79. The molecule has 5 nitrogen and oxygen atoms in total. The summed E-state index contributed by atoms with van der Waals surface area (Å²) >= 11 is 0. The number of nitrogens with zero attached hydrogens (tertiary/aromatic N) is 3. The van der Waals surface area contributed by atoms with Crippen molar-refractivity contribution in [3.05, 3.63) is 66.2 Å². The standard InChI is InChI=1S/C17H15N3O2S/c21-23(22,17-7-3-5-13-4-1-2-6-15(13)17)20-9-8-16-14(11-20)10-18-12-19-16/h1-7,10,12H,8-9,11H2. The van der Waals surface area contributed by atoms with Crippen LogP contribution in [0, 0.1) is 0 Å². The van der Waals surface area contributed by atoms with Gasteiger partial charge >= 0.3 is 0 Å². The smallest absolute Gasteiger partial charge is 0.244 e. The first-order valence-electron chi connectivity index (χ1n) is 7.42. The van der Waals surface area contributed by atoms with Crippen molar-refractivity contribution in [1.82, 2.24) is 14.3 Å². The molecule has 0 fully saturated rings. The molecule has 2 aromatic carbocycles. The predicted octanol–water partition coefficient (Wildman–Crippen LogP) is 2.38. The quantitative estimate of drug-likeness (QED) is 0.726. The molecule has 0 saturated carbocycles. The van der Waals surface area contributed by atoms with E-state index in [-0.39, 0.29) is 0 Å². The molecule has 23 heavy (non-hydrogen) atoms. The molecule has 3 aromatic rings. The SMILES string of the molecule is O=S(=O)(c1cccc2ccccc12)N1CCc2ncncc2C1. The van der Waals surface area contributed by atoms with Gasteiger partial charge in [-0.05, 0) is 11.5 Å². The number of aromatic nitrogens is 2. The minimum absolute atomic E-state index is 0.321. The fraction of sp³-hybridized carbons (Fsp3) is 0.176. The van der Waals surface area contributed by atoms with Crippen molar-refractivity contribution >= 4 is 20.8 Å². The van der Waals surface area contributed by atoms with Gasteiger partial charge in [0, 0.05) is 42.4 Å². The summed E-state index contributed by atoms with van der Waals surface area (Å²) < 4.78 is 27.7. The van der Waals surface area contributed by atoms with E-state index in [0.29, 0.717) is 24.4 Å². The number of hydrogen-bond donors (Lipinski definition) is 0. The molecule has 0 unspecified atom stereocenters. The van der Waals surface area contributed by atoms with Crippen molar-refractivity contribution in [2.24, 2.45) is 0 Å². The molecule has 1 aromatic heterocycles. The fourth-order valence-electron chi connectivity index (χ4n) is 3.01. The molecule has 1 aliphatic rings. The molecule has 116 valence electrons. The highest BCUT2D eigenvalue weighted by Crippen LogP contribution is 2.28. The Morgan fingerprint density at radius 2 is 1.87 bits per heavy atom. The normalized spacial score (nSPS) is 15.5. The van der Waals surface area contributed by atoms with Crippen LogP contribution in [0.5, 0.6) is 0 Å². The zero-order valence-corrected chi connectivity index (χ0v) is 13.2. The highest BCUT2D eigenvalue weighted by Gasteiger charge is 2.30. The Bertz CT molecular complexity index is 981. The van der Waals surface area contributed by atoms with Crippen LogP contribution in [-0.2, 0) is 23.0 Å². The number of fused-ring (bicyclic) bond motifs is 2. The van der Waals surface area contributed by atoms with Gasteiger partial charge in [0.1, 0.15) is 6.33 Å². The van der Waals surface area contributed by atoms with Crippen LogP contribution in [0.1, 0.15) is 11.3 Å². The van der Waals surface area contributed by atoms with Crippen LogP contribution in [0.3, 0.4) is 0 Å². The van der Waals surface area contributed by atoms with E-state index in [0.717, 1.165) is 22.0 Å². The van der Waals surface area contributed by atoms with Crippen molar-refractivity contribution < 1.29 is 8.42 Å². The summed E-state index contributed by atoms with van der Waals surface area (Å²) in [7, 11) is -3.55. The van der Waals surface area contributed by atoms with Gasteiger partial charge in [0.05, 0.1) is 4.90 Å². The monoisotopic (exact) mass is 325 g/mol. The highest BCUT2D eigenvalue weighted by atomic mass is 32.2. The van der Waals surface area contributed by atoms with E-state index < -0.39 is 10.0 Å². The average molecular weight is 325 g/mol. The summed E-state index contributed by atoms with van der Waals surface area (Å²) in [6.45, 7) is 0.761. The third-order valence-corrected chi connectivity index (χ3v) is 6.10. The molecular weight excluding hydrogens is 310 g/mol. The molecule has 0 radical (unpaired) electrons. The van der Waals surface area contributed by atoms with Gasteiger partial charge in [-0.2, -0.15) is 4.31 Å². The molecule has 2 heterocycles. The Morgan fingerprint density at radius 3 is 2.78 bits per heavy atom. The van der Waals surface area contributed by atoms with Gasteiger partial charge in [0.25, 0.3) is 0 Å². The second-order valence-corrected chi connectivity index (χ2v) is 7.47. The van der Waals surface area contributed by atoms with E-state index in [1.165, 1.54) is 10.6 Å². The van der Waals surface area contributed by atoms with Crippen LogP contribution >= 0.6 is 0 Å². The number of sulfonamides is 1. The van der Waals surface area contributed by atoms with Crippen molar-refractivity contribution in [1.29, 1.82) is 0 Å². The van der Waals surface area contributed by atoms with Crippen molar-refractivity contribution in [2.75, 3.05) is 6.54 Å². The Hall–Kier alpha value is -2.31. The van der Waals surface area contributed by atoms with Gasteiger partial charge in [0.15, 0.2) is 0 Å². The van der Waals surface area contributed by atoms with Gasteiger partial charge in [-0.1, -0.05) is 36.4 Å². The van der Waals surface area contributed by atoms with E-state index in [9.17, 15) is 8.42 Å². The lowest BCUT2D eigenvalue weighted by Crippen LogP contribution is -2.36. The second-order valence-electron chi connectivity index (χ2n) is 5.56.